The Bertz CT molecular complexity index is 462. The van der Waals surface area contributed by atoms with Crippen molar-refractivity contribution >= 4 is 5.97 Å². The predicted octanol–water partition coefficient (Wildman–Crippen LogP) is 2.65. The van der Waals surface area contributed by atoms with E-state index in [0.717, 1.165) is 25.7 Å². The topological polar surface area (TPSA) is 96.2 Å². The first-order valence-electron chi connectivity index (χ1n) is 10.1. The van der Waals surface area contributed by atoms with Gasteiger partial charge >= 0.3 is 5.97 Å². The third-order valence-electron chi connectivity index (χ3n) is 4.76. The van der Waals surface area contributed by atoms with Gasteiger partial charge in [-0.05, 0) is 25.7 Å². The van der Waals surface area contributed by atoms with Gasteiger partial charge in [0.25, 0.3) is 0 Å². The van der Waals surface area contributed by atoms with E-state index in [1.54, 1.807) is 12.2 Å². The second-order valence-corrected chi connectivity index (χ2v) is 7.13. The molecule has 1 aliphatic rings. The molecular formula is C21H36O6. The zero-order valence-electron chi connectivity index (χ0n) is 16.6. The molecule has 3 N–H and O–H groups in total. The number of ether oxygens (including phenoxy) is 2. The van der Waals surface area contributed by atoms with Crippen molar-refractivity contribution in [2.75, 3.05) is 7.11 Å². The van der Waals surface area contributed by atoms with Crippen molar-refractivity contribution in [3.63, 3.8) is 0 Å². The minimum absolute atomic E-state index is 0.216. The fourth-order valence-electron chi connectivity index (χ4n) is 3.05. The van der Waals surface area contributed by atoms with Gasteiger partial charge in [-0.2, -0.15) is 0 Å². The van der Waals surface area contributed by atoms with E-state index in [0.29, 0.717) is 32.1 Å². The first-order valence-corrected chi connectivity index (χ1v) is 10.1. The highest BCUT2D eigenvalue weighted by molar-refractivity contribution is 5.69. The third-order valence-corrected chi connectivity index (χ3v) is 4.76. The van der Waals surface area contributed by atoms with Crippen LogP contribution in [0.5, 0.6) is 0 Å². The Labute approximate surface area is 162 Å². The summed E-state index contributed by atoms with van der Waals surface area (Å²) in [6.07, 6.45) is 10.9. The molecular weight excluding hydrogens is 348 g/mol. The number of allylic oxidation sites excluding steroid dienone is 1. The van der Waals surface area contributed by atoms with Crippen molar-refractivity contribution in [2.24, 2.45) is 0 Å². The number of hydrogen-bond acceptors (Lipinski definition) is 6. The van der Waals surface area contributed by atoms with Crippen molar-refractivity contribution in [1.82, 2.24) is 0 Å². The molecule has 156 valence electrons. The molecule has 0 spiro atoms. The first kappa shape index (κ1) is 23.8. The fourth-order valence-corrected chi connectivity index (χ4v) is 3.05. The molecule has 0 aliphatic carbocycles. The molecule has 0 radical (unpaired) electrons. The molecule has 1 saturated heterocycles. The van der Waals surface area contributed by atoms with E-state index in [4.69, 9.17) is 4.74 Å². The number of aliphatic hydroxyl groups excluding tert-OH is 3. The van der Waals surface area contributed by atoms with Crippen LogP contribution >= 0.6 is 0 Å². The van der Waals surface area contributed by atoms with Crippen LogP contribution in [0.25, 0.3) is 0 Å². The summed E-state index contributed by atoms with van der Waals surface area (Å²) in [5.41, 5.74) is 0. The van der Waals surface area contributed by atoms with Crippen molar-refractivity contribution in [2.45, 2.75) is 95.2 Å². The van der Waals surface area contributed by atoms with Crippen LogP contribution in [0.2, 0.25) is 0 Å². The standard InChI is InChI=1S/C21H36O6/c1-3-4-7-10-16(22)13-14-19-18(24)15-20(27-19)17(23)11-8-5-6-9-12-21(25)26-2/h5,8,13-14,16-20,22-24H,3-4,6-7,9-12,15H2,1-2H3/b8-5-,14-13+/t16-,17-,18+,19+,20+/m1/s1. The van der Waals surface area contributed by atoms with E-state index >= 15 is 0 Å². The maximum Gasteiger partial charge on any atom is 0.305 e. The summed E-state index contributed by atoms with van der Waals surface area (Å²) in [4.78, 5) is 11.0. The van der Waals surface area contributed by atoms with Gasteiger partial charge in [0.15, 0.2) is 0 Å². The molecule has 0 aromatic rings. The van der Waals surface area contributed by atoms with Crippen molar-refractivity contribution in [1.29, 1.82) is 0 Å². The molecule has 27 heavy (non-hydrogen) atoms. The average Bonchev–Trinajstić information content (AvgIpc) is 3.03. The van der Waals surface area contributed by atoms with Gasteiger partial charge in [-0.1, -0.05) is 50.5 Å². The van der Waals surface area contributed by atoms with E-state index in [-0.39, 0.29) is 5.97 Å². The summed E-state index contributed by atoms with van der Waals surface area (Å²) < 4.78 is 10.3. The van der Waals surface area contributed by atoms with E-state index in [9.17, 15) is 20.1 Å². The van der Waals surface area contributed by atoms with E-state index in [1.807, 2.05) is 12.2 Å². The van der Waals surface area contributed by atoms with E-state index in [1.165, 1.54) is 7.11 Å². The van der Waals surface area contributed by atoms with E-state index in [2.05, 4.69) is 11.7 Å². The zero-order valence-corrected chi connectivity index (χ0v) is 16.6. The van der Waals surface area contributed by atoms with Crippen molar-refractivity contribution in [3.05, 3.63) is 24.3 Å². The van der Waals surface area contributed by atoms with Gasteiger partial charge < -0.3 is 24.8 Å². The van der Waals surface area contributed by atoms with Gasteiger partial charge in [0, 0.05) is 12.8 Å². The molecule has 1 rings (SSSR count). The molecule has 0 amide bonds. The minimum atomic E-state index is -0.690. The average molecular weight is 385 g/mol. The molecule has 1 fully saturated rings. The lowest BCUT2D eigenvalue weighted by atomic mass is 10.0. The number of methoxy groups -OCH3 is 1. The number of rotatable bonds is 13. The molecule has 6 nitrogen and oxygen atoms in total. The van der Waals surface area contributed by atoms with Crippen LogP contribution in [0.1, 0.15) is 64.7 Å². The predicted molar refractivity (Wildman–Crippen MR) is 104 cm³/mol. The maximum atomic E-state index is 11.0. The smallest absolute Gasteiger partial charge is 0.305 e. The summed E-state index contributed by atoms with van der Waals surface area (Å²) >= 11 is 0. The van der Waals surface area contributed by atoms with Gasteiger partial charge in [0.2, 0.25) is 0 Å². The monoisotopic (exact) mass is 384 g/mol. The number of carbonyl (C=O) groups excluding carboxylic acids is 1. The molecule has 0 aromatic heterocycles. The largest absolute Gasteiger partial charge is 0.469 e. The number of hydrogen-bond donors (Lipinski definition) is 3. The Hall–Kier alpha value is -1.21. The molecule has 0 saturated carbocycles. The van der Waals surface area contributed by atoms with Crippen LogP contribution < -0.4 is 0 Å². The molecule has 6 heteroatoms. The second-order valence-electron chi connectivity index (χ2n) is 7.13. The zero-order chi connectivity index (χ0) is 20.1. The van der Waals surface area contributed by atoms with Crippen LogP contribution in [-0.2, 0) is 14.3 Å². The lowest BCUT2D eigenvalue weighted by Gasteiger charge is -2.16. The van der Waals surface area contributed by atoms with Gasteiger partial charge in [0.05, 0.1) is 31.5 Å². The lowest BCUT2D eigenvalue weighted by molar-refractivity contribution is -0.140. The highest BCUT2D eigenvalue weighted by Gasteiger charge is 2.35. The van der Waals surface area contributed by atoms with Gasteiger partial charge in [-0.15, -0.1) is 0 Å². The highest BCUT2D eigenvalue weighted by Crippen LogP contribution is 2.25. The number of unbranched alkanes of at least 4 members (excludes halogenated alkanes) is 3. The first-order chi connectivity index (χ1) is 13.0. The molecule has 1 aliphatic heterocycles. The van der Waals surface area contributed by atoms with Crippen molar-refractivity contribution < 1.29 is 29.6 Å². The second kappa shape index (κ2) is 13.9. The summed E-state index contributed by atoms with van der Waals surface area (Å²) in [5, 5.41) is 30.3. The lowest BCUT2D eigenvalue weighted by Crippen LogP contribution is -2.25. The molecule has 0 unspecified atom stereocenters. The highest BCUT2D eigenvalue weighted by atomic mass is 16.5. The van der Waals surface area contributed by atoms with Crippen LogP contribution in [0.3, 0.4) is 0 Å². The normalized spacial score (nSPS) is 25.3. The summed E-state index contributed by atoms with van der Waals surface area (Å²) in [7, 11) is 1.38. The molecule has 0 aromatic carbocycles. The Kier molecular flexibility index (Phi) is 12.3. The maximum absolute atomic E-state index is 11.0. The van der Waals surface area contributed by atoms with Crippen LogP contribution in [0.4, 0.5) is 0 Å². The van der Waals surface area contributed by atoms with Crippen LogP contribution in [0, 0.1) is 0 Å². The Morgan fingerprint density at radius 3 is 2.74 bits per heavy atom. The number of esters is 1. The van der Waals surface area contributed by atoms with Crippen LogP contribution in [0.15, 0.2) is 24.3 Å². The SMILES string of the molecule is CCCCC[C@@H](O)/C=C/[C@@H]1O[C@H]([C@H](O)C/C=C\CCCC(=O)OC)C[C@@H]1O. The van der Waals surface area contributed by atoms with Crippen molar-refractivity contribution in [3.8, 4) is 0 Å². The quantitative estimate of drug-likeness (QED) is 0.257. The summed E-state index contributed by atoms with van der Waals surface area (Å²) in [6, 6.07) is 0. The summed E-state index contributed by atoms with van der Waals surface area (Å²) in [5.74, 6) is -0.216. The Balaban J connectivity index is 2.29. The van der Waals surface area contributed by atoms with Gasteiger partial charge in [-0.3, -0.25) is 4.79 Å². The number of carbonyl (C=O) groups is 1. The molecule has 0 bridgehead atoms. The van der Waals surface area contributed by atoms with E-state index < -0.39 is 30.5 Å². The number of aliphatic hydroxyl groups is 3. The Morgan fingerprint density at radius 2 is 2.04 bits per heavy atom. The Morgan fingerprint density at radius 1 is 1.26 bits per heavy atom. The van der Waals surface area contributed by atoms with Gasteiger partial charge in [0.1, 0.15) is 6.10 Å². The van der Waals surface area contributed by atoms with Gasteiger partial charge in [-0.25, -0.2) is 0 Å². The molecule has 1 heterocycles. The summed E-state index contributed by atoms with van der Waals surface area (Å²) in [6.45, 7) is 2.12. The fraction of sp³-hybridized carbons (Fsp3) is 0.762. The third kappa shape index (κ3) is 10.1. The van der Waals surface area contributed by atoms with Crippen LogP contribution in [-0.4, -0.2) is 58.9 Å². The molecule has 5 atom stereocenters. The minimum Gasteiger partial charge on any atom is -0.469 e.